The van der Waals surface area contributed by atoms with Crippen molar-refractivity contribution in [2.45, 2.75) is 37.3 Å². The zero-order valence-electron chi connectivity index (χ0n) is 15.8. The van der Waals surface area contributed by atoms with Gasteiger partial charge in [-0.1, -0.05) is 24.3 Å². The molecule has 3 heterocycles. The number of hydrogen-bond acceptors (Lipinski definition) is 4. The van der Waals surface area contributed by atoms with Crippen molar-refractivity contribution in [3.8, 4) is 0 Å². The van der Waals surface area contributed by atoms with Crippen LogP contribution in [0.2, 0.25) is 0 Å². The molecule has 0 saturated carbocycles. The molecule has 1 saturated heterocycles. The molecule has 1 fully saturated rings. The average Bonchev–Trinajstić information content (AvgIpc) is 3.44. The van der Waals surface area contributed by atoms with E-state index in [0.29, 0.717) is 18.8 Å². The molecule has 2 aromatic heterocycles. The van der Waals surface area contributed by atoms with Crippen LogP contribution in [0.25, 0.3) is 0 Å². The van der Waals surface area contributed by atoms with Gasteiger partial charge >= 0.3 is 0 Å². The Kier molecular flexibility index (Phi) is 3.91. The molecule has 1 aliphatic heterocycles. The summed E-state index contributed by atoms with van der Waals surface area (Å²) in [5.41, 5.74) is 2.00. The van der Waals surface area contributed by atoms with Crippen molar-refractivity contribution in [2.24, 2.45) is 0 Å². The van der Waals surface area contributed by atoms with Crippen molar-refractivity contribution < 1.29 is 14.3 Å². The molecule has 1 N–H and O–H groups in total. The molecule has 1 spiro atoms. The molecule has 5 rings (SSSR count). The summed E-state index contributed by atoms with van der Waals surface area (Å²) in [6.07, 6.45) is 6.13. The van der Waals surface area contributed by atoms with Gasteiger partial charge in [-0.15, -0.1) is 0 Å². The van der Waals surface area contributed by atoms with Crippen LogP contribution in [0.4, 0.5) is 0 Å². The molecule has 144 valence electrons. The topological polar surface area (TPSA) is 71.5 Å². The van der Waals surface area contributed by atoms with Crippen molar-refractivity contribution in [3.63, 3.8) is 0 Å². The van der Waals surface area contributed by atoms with E-state index in [4.69, 9.17) is 4.42 Å². The predicted octanol–water partition coefficient (Wildman–Crippen LogP) is 2.92. The monoisotopic (exact) mass is 377 g/mol. The van der Waals surface area contributed by atoms with Gasteiger partial charge in [0.25, 0.3) is 5.91 Å². The smallest absolute Gasteiger partial charge is 0.289 e. The summed E-state index contributed by atoms with van der Waals surface area (Å²) in [5.74, 6) is 1.18. The lowest BCUT2D eigenvalue weighted by Crippen LogP contribution is -2.50. The number of aliphatic hydroxyl groups excluding tert-OH is 1. The number of piperidine rings is 1. The summed E-state index contributed by atoms with van der Waals surface area (Å²) in [6.45, 7) is 3.16. The molecule has 2 atom stereocenters. The number of aromatic nitrogens is 2. The Balaban J connectivity index is 1.47. The highest BCUT2D eigenvalue weighted by atomic mass is 16.3. The molecule has 6 nitrogen and oxygen atoms in total. The van der Waals surface area contributed by atoms with E-state index in [9.17, 15) is 9.90 Å². The third-order valence-electron chi connectivity index (χ3n) is 6.52. The summed E-state index contributed by atoms with van der Waals surface area (Å²) in [5, 5.41) is 11.5. The summed E-state index contributed by atoms with van der Waals surface area (Å²) >= 11 is 0. The number of rotatable bonds is 2. The van der Waals surface area contributed by atoms with Gasteiger partial charge in [0, 0.05) is 30.9 Å². The van der Waals surface area contributed by atoms with Crippen LogP contribution in [-0.2, 0) is 5.41 Å². The standard InChI is InChI=1S/C22H23N3O3/c1-15-23-10-13-25(15)19-16-5-2-3-6-17(16)22(20(19)26)8-11-24(12-9-22)21(27)18-7-4-14-28-18/h2-7,10,13-14,19-20,26H,8-9,11-12H2,1H3/t19-,20+/m0/s1. The molecule has 0 radical (unpaired) electrons. The maximum Gasteiger partial charge on any atom is 0.289 e. The Hall–Kier alpha value is -2.86. The molecule has 1 aliphatic carbocycles. The lowest BCUT2D eigenvalue weighted by atomic mass is 9.72. The fourth-order valence-electron chi connectivity index (χ4n) is 5.05. The lowest BCUT2D eigenvalue weighted by Gasteiger charge is -2.42. The highest BCUT2D eigenvalue weighted by molar-refractivity contribution is 5.91. The minimum Gasteiger partial charge on any atom is -0.459 e. The van der Waals surface area contributed by atoms with Gasteiger partial charge in [0.2, 0.25) is 0 Å². The first-order chi connectivity index (χ1) is 13.6. The predicted molar refractivity (Wildman–Crippen MR) is 103 cm³/mol. The number of furan rings is 1. The molecule has 28 heavy (non-hydrogen) atoms. The summed E-state index contributed by atoms with van der Waals surface area (Å²) in [4.78, 5) is 18.8. The molecule has 6 heteroatoms. The van der Waals surface area contributed by atoms with E-state index in [1.54, 1.807) is 18.3 Å². The van der Waals surface area contributed by atoms with Crippen LogP contribution >= 0.6 is 0 Å². The fraction of sp³-hybridized carbons (Fsp3) is 0.364. The number of hydrogen-bond donors (Lipinski definition) is 1. The molecule has 1 aromatic carbocycles. The van der Waals surface area contributed by atoms with Gasteiger partial charge in [-0.25, -0.2) is 4.98 Å². The minimum atomic E-state index is -0.557. The number of likely N-dealkylation sites (tertiary alicyclic amines) is 1. The third kappa shape index (κ3) is 2.37. The summed E-state index contributed by atoms with van der Waals surface area (Å²) in [7, 11) is 0. The van der Waals surface area contributed by atoms with E-state index in [1.807, 2.05) is 30.2 Å². The fourth-order valence-corrected chi connectivity index (χ4v) is 5.05. The number of nitrogens with zero attached hydrogens (tertiary/aromatic N) is 3. The number of carbonyl (C=O) groups is 1. The zero-order chi connectivity index (χ0) is 19.3. The zero-order valence-corrected chi connectivity index (χ0v) is 15.8. The SMILES string of the molecule is Cc1nccn1[C@H]1c2ccccc2C2(CCN(C(=O)c3ccco3)CC2)[C@@H]1O. The number of benzene rings is 1. The van der Waals surface area contributed by atoms with Gasteiger partial charge in [0.15, 0.2) is 5.76 Å². The van der Waals surface area contributed by atoms with Crippen molar-refractivity contribution in [1.29, 1.82) is 0 Å². The number of aryl methyl sites for hydroxylation is 1. The van der Waals surface area contributed by atoms with Crippen LogP contribution in [0.15, 0.2) is 59.5 Å². The highest BCUT2D eigenvalue weighted by Gasteiger charge is 2.53. The van der Waals surface area contributed by atoms with Crippen LogP contribution < -0.4 is 0 Å². The number of amides is 1. The molecular formula is C22H23N3O3. The number of fused-ring (bicyclic) bond motifs is 2. The minimum absolute atomic E-state index is 0.0809. The molecule has 3 aromatic rings. The molecular weight excluding hydrogens is 354 g/mol. The third-order valence-corrected chi connectivity index (χ3v) is 6.52. The Morgan fingerprint density at radius 2 is 2.00 bits per heavy atom. The average molecular weight is 377 g/mol. The van der Waals surface area contributed by atoms with Crippen LogP contribution in [-0.4, -0.2) is 44.7 Å². The maximum atomic E-state index is 12.6. The summed E-state index contributed by atoms with van der Waals surface area (Å²) < 4.78 is 7.34. The second-order valence-corrected chi connectivity index (χ2v) is 7.78. The van der Waals surface area contributed by atoms with Crippen molar-refractivity contribution in [2.75, 3.05) is 13.1 Å². The first kappa shape index (κ1) is 17.3. The molecule has 1 amide bonds. The number of imidazole rings is 1. The molecule has 2 aliphatic rings. The summed E-state index contributed by atoms with van der Waals surface area (Å²) in [6, 6.07) is 11.6. The Morgan fingerprint density at radius 1 is 1.21 bits per heavy atom. The second-order valence-electron chi connectivity index (χ2n) is 7.78. The lowest BCUT2D eigenvalue weighted by molar-refractivity contribution is 0.0196. The van der Waals surface area contributed by atoms with Gasteiger partial charge in [0.1, 0.15) is 5.82 Å². The largest absolute Gasteiger partial charge is 0.459 e. The number of carbonyl (C=O) groups excluding carboxylic acids is 1. The van der Waals surface area contributed by atoms with E-state index in [1.165, 1.54) is 11.8 Å². The van der Waals surface area contributed by atoms with E-state index in [2.05, 4.69) is 21.7 Å². The van der Waals surface area contributed by atoms with Crippen LogP contribution in [0.1, 0.15) is 46.4 Å². The molecule has 0 unspecified atom stereocenters. The second kappa shape index (κ2) is 6.34. The van der Waals surface area contributed by atoms with E-state index in [0.717, 1.165) is 24.2 Å². The van der Waals surface area contributed by atoms with E-state index < -0.39 is 6.10 Å². The van der Waals surface area contributed by atoms with Crippen molar-refractivity contribution >= 4 is 5.91 Å². The van der Waals surface area contributed by atoms with Gasteiger partial charge in [-0.3, -0.25) is 4.79 Å². The first-order valence-electron chi connectivity index (χ1n) is 9.71. The van der Waals surface area contributed by atoms with Crippen molar-refractivity contribution in [1.82, 2.24) is 14.5 Å². The highest BCUT2D eigenvalue weighted by Crippen LogP contribution is 2.52. The Labute approximate surface area is 163 Å². The van der Waals surface area contributed by atoms with Gasteiger partial charge in [-0.05, 0) is 43.0 Å². The Bertz CT molecular complexity index is 1000. The van der Waals surface area contributed by atoms with Crippen LogP contribution in [0.5, 0.6) is 0 Å². The first-order valence-corrected chi connectivity index (χ1v) is 9.71. The quantitative estimate of drug-likeness (QED) is 0.745. The van der Waals surface area contributed by atoms with Gasteiger partial charge < -0.3 is 19.0 Å². The molecule has 0 bridgehead atoms. The Morgan fingerprint density at radius 3 is 2.68 bits per heavy atom. The maximum absolute atomic E-state index is 12.6. The van der Waals surface area contributed by atoms with E-state index in [-0.39, 0.29) is 17.4 Å². The van der Waals surface area contributed by atoms with Crippen LogP contribution in [0, 0.1) is 6.92 Å². The van der Waals surface area contributed by atoms with Crippen LogP contribution in [0.3, 0.4) is 0 Å². The number of aliphatic hydroxyl groups is 1. The van der Waals surface area contributed by atoms with Gasteiger partial charge in [-0.2, -0.15) is 0 Å². The van der Waals surface area contributed by atoms with Gasteiger partial charge in [0.05, 0.1) is 18.4 Å². The van der Waals surface area contributed by atoms with E-state index >= 15 is 0 Å². The van der Waals surface area contributed by atoms with Crippen molar-refractivity contribution in [3.05, 3.63) is 77.8 Å². The normalized spacial score (nSPS) is 23.1.